The van der Waals surface area contributed by atoms with E-state index in [9.17, 15) is 13.5 Å². The number of sulfonamides is 1. The standard InChI is InChI=1S/C14H22BrNO3S/c1-5-12(6-2)16(4)20(18,19)14-8-11(9-17)7-13(15)10(14)3/h7-8,12,17H,5-6,9H2,1-4H3. The van der Waals surface area contributed by atoms with Crippen molar-refractivity contribution < 1.29 is 13.5 Å². The molecule has 1 N–H and O–H groups in total. The Morgan fingerprint density at radius 3 is 2.30 bits per heavy atom. The third kappa shape index (κ3) is 3.42. The average molecular weight is 364 g/mol. The lowest BCUT2D eigenvalue weighted by atomic mass is 10.2. The van der Waals surface area contributed by atoms with E-state index >= 15 is 0 Å². The molecule has 0 spiro atoms. The molecule has 0 atom stereocenters. The highest BCUT2D eigenvalue weighted by Crippen LogP contribution is 2.29. The summed E-state index contributed by atoms with van der Waals surface area (Å²) in [4.78, 5) is 0.255. The van der Waals surface area contributed by atoms with Crippen LogP contribution >= 0.6 is 15.9 Å². The summed E-state index contributed by atoms with van der Waals surface area (Å²) in [7, 11) is -1.94. The number of rotatable bonds is 6. The third-order valence-corrected chi connectivity index (χ3v) is 6.51. The van der Waals surface area contributed by atoms with Crippen molar-refractivity contribution in [3.63, 3.8) is 0 Å². The minimum atomic E-state index is -3.56. The Morgan fingerprint density at radius 2 is 1.85 bits per heavy atom. The summed E-state index contributed by atoms with van der Waals surface area (Å²) >= 11 is 3.36. The third-order valence-electron chi connectivity index (χ3n) is 3.65. The molecule has 0 aliphatic rings. The average Bonchev–Trinajstić information content (AvgIpc) is 2.42. The van der Waals surface area contributed by atoms with E-state index in [-0.39, 0.29) is 17.5 Å². The Morgan fingerprint density at radius 1 is 1.30 bits per heavy atom. The largest absolute Gasteiger partial charge is 0.392 e. The smallest absolute Gasteiger partial charge is 0.243 e. The molecule has 0 amide bonds. The summed E-state index contributed by atoms with van der Waals surface area (Å²) in [5, 5.41) is 9.25. The van der Waals surface area contributed by atoms with Crippen LogP contribution in [0.4, 0.5) is 0 Å². The molecular weight excluding hydrogens is 342 g/mol. The van der Waals surface area contributed by atoms with E-state index in [1.165, 1.54) is 4.31 Å². The van der Waals surface area contributed by atoms with Gasteiger partial charge >= 0.3 is 0 Å². The van der Waals surface area contributed by atoms with Crippen molar-refractivity contribution in [3.05, 3.63) is 27.7 Å². The maximum absolute atomic E-state index is 12.8. The molecule has 0 saturated heterocycles. The van der Waals surface area contributed by atoms with Gasteiger partial charge in [-0.3, -0.25) is 0 Å². The molecule has 1 rings (SSSR count). The van der Waals surface area contributed by atoms with Crippen molar-refractivity contribution in [1.29, 1.82) is 0 Å². The van der Waals surface area contributed by atoms with Gasteiger partial charge in [0, 0.05) is 17.6 Å². The zero-order chi connectivity index (χ0) is 15.5. The lowest BCUT2D eigenvalue weighted by Crippen LogP contribution is -2.36. The van der Waals surface area contributed by atoms with E-state index in [1.807, 2.05) is 13.8 Å². The maximum Gasteiger partial charge on any atom is 0.243 e. The highest BCUT2D eigenvalue weighted by Gasteiger charge is 2.28. The van der Waals surface area contributed by atoms with Gasteiger partial charge in [0.1, 0.15) is 0 Å². The van der Waals surface area contributed by atoms with E-state index < -0.39 is 10.0 Å². The topological polar surface area (TPSA) is 57.6 Å². The quantitative estimate of drug-likeness (QED) is 0.844. The number of halogens is 1. The second-order valence-electron chi connectivity index (χ2n) is 4.85. The summed E-state index contributed by atoms with van der Waals surface area (Å²) in [6, 6.07) is 3.27. The molecule has 0 saturated carbocycles. The molecule has 0 aliphatic heterocycles. The first-order valence-corrected chi connectivity index (χ1v) is 8.90. The lowest BCUT2D eigenvalue weighted by Gasteiger charge is -2.26. The van der Waals surface area contributed by atoms with Crippen molar-refractivity contribution in [3.8, 4) is 0 Å². The van der Waals surface area contributed by atoms with Gasteiger partial charge in [0.25, 0.3) is 0 Å². The molecule has 114 valence electrons. The van der Waals surface area contributed by atoms with E-state index in [2.05, 4.69) is 15.9 Å². The van der Waals surface area contributed by atoms with Gasteiger partial charge in [-0.05, 0) is 43.0 Å². The van der Waals surface area contributed by atoms with Crippen molar-refractivity contribution in [2.75, 3.05) is 7.05 Å². The summed E-state index contributed by atoms with van der Waals surface area (Å²) in [6.07, 6.45) is 1.54. The van der Waals surface area contributed by atoms with Crippen LogP contribution < -0.4 is 0 Å². The first-order valence-electron chi connectivity index (χ1n) is 6.67. The first kappa shape index (κ1) is 17.6. The van der Waals surface area contributed by atoms with Gasteiger partial charge in [-0.2, -0.15) is 4.31 Å². The zero-order valence-electron chi connectivity index (χ0n) is 12.4. The van der Waals surface area contributed by atoms with Gasteiger partial charge < -0.3 is 5.11 Å². The monoisotopic (exact) mass is 363 g/mol. The summed E-state index contributed by atoms with van der Waals surface area (Å²) in [5.41, 5.74) is 1.25. The van der Waals surface area contributed by atoms with Gasteiger partial charge in [-0.1, -0.05) is 29.8 Å². The highest BCUT2D eigenvalue weighted by atomic mass is 79.9. The van der Waals surface area contributed by atoms with Crippen LogP contribution in [0.15, 0.2) is 21.5 Å². The number of aliphatic hydroxyl groups is 1. The zero-order valence-corrected chi connectivity index (χ0v) is 14.8. The molecule has 20 heavy (non-hydrogen) atoms. The minimum absolute atomic E-state index is 0.0176. The van der Waals surface area contributed by atoms with Crippen molar-refractivity contribution in [2.45, 2.75) is 51.2 Å². The molecule has 1 aromatic carbocycles. The SMILES string of the molecule is CCC(CC)N(C)S(=O)(=O)c1cc(CO)cc(Br)c1C. The van der Waals surface area contributed by atoms with Crippen molar-refractivity contribution in [1.82, 2.24) is 4.31 Å². The van der Waals surface area contributed by atoms with Crippen LogP contribution in [0, 0.1) is 6.92 Å². The number of nitrogens with zero attached hydrogens (tertiary/aromatic N) is 1. The number of benzene rings is 1. The van der Waals surface area contributed by atoms with Crippen LogP contribution in [-0.4, -0.2) is 30.9 Å². The minimum Gasteiger partial charge on any atom is -0.392 e. The molecule has 1 aromatic rings. The molecular formula is C14H22BrNO3S. The van der Waals surface area contributed by atoms with Crippen molar-refractivity contribution >= 4 is 26.0 Å². The second-order valence-corrected chi connectivity index (χ2v) is 7.67. The molecule has 0 unspecified atom stereocenters. The second kappa shape index (κ2) is 7.02. The Kier molecular flexibility index (Phi) is 6.19. The van der Waals surface area contributed by atoms with Gasteiger partial charge in [0.05, 0.1) is 11.5 Å². The fourth-order valence-corrected chi connectivity index (χ4v) is 4.66. The van der Waals surface area contributed by atoms with Crippen LogP contribution in [0.5, 0.6) is 0 Å². The Hall–Kier alpha value is -0.430. The Labute approximate surface area is 130 Å². The molecule has 0 fully saturated rings. The van der Waals surface area contributed by atoms with Crippen LogP contribution in [0.25, 0.3) is 0 Å². The van der Waals surface area contributed by atoms with Gasteiger partial charge in [0.2, 0.25) is 10.0 Å². The lowest BCUT2D eigenvalue weighted by molar-refractivity contribution is 0.281. The fourth-order valence-electron chi connectivity index (χ4n) is 2.22. The summed E-state index contributed by atoms with van der Waals surface area (Å²) in [6.45, 7) is 5.54. The Bertz CT molecular complexity index is 568. The molecule has 0 heterocycles. The molecule has 6 heteroatoms. The Balaban J connectivity index is 3.38. The van der Waals surface area contributed by atoms with Crippen LogP contribution in [0.3, 0.4) is 0 Å². The predicted molar refractivity (Wildman–Crippen MR) is 84.1 cm³/mol. The van der Waals surface area contributed by atoms with E-state index in [0.29, 0.717) is 15.6 Å². The summed E-state index contributed by atoms with van der Waals surface area (Å²) < 4.78 is 27.6. The molecule has 0 aromatic heterocycles. The predicted octanol–water partition coefficient (Wildman–Crippen LogP) is 3.06. The van der Waals surface area contributed by atoms with Crippen LogP contribution in [0.2, 0.25) is 0 Å². The van der Waals surface area contributed by atoms with Crippen molar-refractivity contribution in [2.24, 2.45) is 0 Å². The number of hydrogen-bond acceptors (Lipinski definition) is 3. The van der Waals surface area contributed by atoms with Gasteiger partial charge in [0.15, 0.2) is 0 Å². The summed E-state index contributed by atoms with van der Waals surface area (Å²) in [5.74, 6) is 0. The van der Waals surface area contributed by atoms with Gasteiger partial charge in [-0.25, -0.2) is 8.42 Å². The first-order chi connectivity index (χ1) is 9.29. The molecule has 4 nitrogen and oxygen atoms in total. The number of aliphatic hydroxyl groups excluding tert-OH is 1. The van der Waals surface area contributed by atoms with Gasteiger partial charge in [-0.15, -0.1) is 0 Å². The van der Waals surface area contributed by atoms with Crippen LogP contribution in [-0.2, 0) is 16.6 Å². The molecule has 0 bridgehead atoms. The molecule has 0 aliphatic carbocycles. The highest BCUT2D eigenvalue weighted by molar-refractivity contribution is 9.10. The van der Waals surface area contributed by atoms with E-state index in [0.717, 1.165) is 12.8 Å². The fraction of sp³-hybridized carbons (Fsp3) is 0.571. The van der Waals surface area contributed by atoms with E-state index in [1.54, 1.807) is 26.1 Å². The van der Waals surface area contributed by atoms with E-state index in [4.69, 9.17) is 0 Å². The van der Waals surface area contributed by atoms with Crippen LogP contribution in [0.1, 0.15) is 37.8 Å². The number of hydrogen-bond donors (Lipinski definition) is 1. The normalized spacial score (nSPS) is 12.4. The molecule has 0 radical (unpaired) electrons. The maximum atomic E-state index is 12.8.